The standard InChI is InChI=1S/C21H25NO3/c1-15-3-2-4-17(11-15)12-19-9-10-22(14-20(19)23)13-16-5-7-18(8-6-16)21(24)25/h2-8,11,19-20,23H,9-10,12-14H2,1H3,(H,24,25)/t19-,20+/m1/s1. The van der Waals surface area contributed by atoms with Crippen molar-refractivity contribution in [3.63, 3.8) is 0 Å². The van der Waals surface area contributed by atoms with Crippen molar-refractivity contribution in [2.24, 2.45) is 5.92 Å². The smallest absolute Gasteiger partial charge is 0.335 e. The normalized spacial score (nSPS) is 21.2. The maximum Gasteiger partial charge on any atom is 0.335 e. The number of carboxylic acid groups (broad SMARTS) is 1. The summed E-state index contributed by atoms with van der Waals surface area (Å²) in [5.41, 5.74) is 3.94. The Kier molecular flexibility index (Phi) is 5.51. The van der Waals surface area contributed by atoms with Gasteiger partial charge in [0.1, 0.15) is 0 Å². The number of likely N-dealkylation sites (tertiary alicyclic amines) is 1. The third-order valence-corrected chi connectivity index (χ3v) is 4.99. The zero-order valence-electron chi connectivity index (χ0n) is 14.6. The van der Waals surface area contributed by atoms with E-state index in [0.717, 1.165) is 31.5 Å². The van der Waals surface area contributed by atoms with Gasteiger partial charge in [-0.25, -0.2) is 4.79 Å². The third-order valence-electron chi connectivity index (χ3n) is 4.99. The summed E-state index contributed by atoms with van der Waals surface area (Å²) in [7, 11) is 0. The second-order valence-electron chi connectivity index (χ2n) is 7.05. The van der Waals surface area contributed by atoms with Gasteiger partial charge in [0, 0.05) is 13.1 Å². The zero-order chi connectivity index (χ0) is 17.8. The van der Waals surface area contributed by atoms with Crippen LogP contribution in [0.3, 0.4) is 0 Å². The number of carboxylic acids is 1. The van der Waals surface area contributed by atoms with Gasteiger partial charge in [-0.1, -0.05) is 42.0 Å². The van der Waals surface area contributed by atoms with E-state index >= 15 is 0 Å². The van der Waals surface area contributed by atoms with Crippen LogP contribution in [0.5, 0.6) is 0 Å². The first-order valence-electron chi connectivity index (χ1n) is 8.79. The van der Waals surface area contributed by atoms with Crippen LogP contribution in [0.2, 0.25) is 0 Å². The van der Waals surface area contributed by atoms with Crippen molar-refractivity contribution in [2.75, 3.05) is 13.1 Å². The van der Waals surface area contributed by atoms with E-state index in [1.54, 1.807) is 12.1 Å². The Hall–Kier alpha value is -2.17. The van der Waals surface area contributed by atoms with E-state index in [4.69, 9.17) is 5.11 Å². The summed E-state index contributed by atoms with van der Waals surface area (Å²) in [5, 5.41) is 19.5. The molecule has 2 N–H and O–H groups in total. The lowest BCUT2D eigenvalue weighted by atomic mass is 9.87. The molecule has 0 unspecified atom stereocenters. The van der Waals surface area contributed by atoms with Gasteiger partial charge in [0.15, 0.2) is 0 Å². The molecule has 4 heteroatoms. The molecule has 4 nitrogen and oxygen atoms in total. The molecular weight excluding hydrogens is 314 g/mol. The highest BCUT2D eigenvalue weighted by molar-refractivity contribution is 5.87. The maximum absolute atomic E-state index is 10.9. The van der Waals surface area contributed by atoms with Crippen molar-refractivity contribution in [2.45, 2.75) is 32.4 Å². The molecule has 0 radical (unpaired) electrons. The Morgan fingerprint density at radius 2 is 1.92 bits per heavy atom. The highest BCUT2D eigenvalue weighted by Crippen LogP contribution is 2.24. The number of carbonyl (C=O) groups is 1. The Balaban J connectivity index is 1.55. The summed E-state index contributed by atoms with van der Waals surface area (Å²) in [4.78, 5) is 13.2. The number of piperidine rings is 1. The topological polar surface area (TPSA) is 60.8 Å². The van der Waals surface area contributed by atoms with E-state index in [1.807, 2.05) is 12.1 Å². The number of aromatic carboxylic acids is 1. The quantitative estimate of drug-likeness (QED) is 0.879. The monoisotopic (exact) mass is 339 g/mol. The summed E-state index contributed by atoms with van der Waals surface area (Å²) < 4.78 is 0. The molecule has 2 atom stereocenters. The predicted octanol–water partition coefficient (Wildman–Crippen LogP) is 3.12. The van der Waals surface area contributed by atoms with E-state index in [0.29, 0.717) is 18.0 Å². The van der Waals surface area contributed by atoms with Gasteiger partial charge in [0.05, 0.1) is 11.7 Å². The van der Waals surface area contributed by atoms with Crippen molar-refractivity contribution in [3.05, 3.63) is 70.8 Å². The minimum absolute atomic E-state index is 0.299. The molecule has 0 saturated carbocycles. The lowest BCUT2D eigenvalue weighted by molar-refractivity contribution is 0.0187. The molecule has 1 aliphatic rings. The lowest BCUT2D eigenvalue weighted by Crippen LogP contribution is -2.44. The number of benzene rings is 2. The van der Waals surface area contributed by atoms with Gasteiger partial charge in [0.2, 0.25) is 0 Å². The summed E-state index contributed by atoms with van der Waals surface area (Å²) in [6, 6.07) is 15.5. The minimum Gasteiger partial charge on any atom is -0.478 e. The summed E-state index contributed by atoms with van der Waals surface area (Å²) in [6.07, 6.45) is 1.57. The van der Waals surface area contributed by atoms with Crippen molar-refractivity contribution in [1.29, 1.82) is 0 Å². The fourth-order valence-corrected chi connectivity index (χ4v) is 3.58. The third kappa shape index (κ3) is 4.68. The molecule has 0 aliphatic carbocycles. The van der Waals surface area contributed by atoms with Crippen molar-refractivity contribution < 1.29 is 15.0 Å². The molecule has 2 aromatic rings. The molecule has 2 aromatic carbocycles. The van der Waals surface area contributed by atoms with Gasteiger partial charge in [0.25, 0.3) is 0 Å². The second-order valence-corrected chi connectivity index (χ2v) is 7.05. The van der Waals surface area contributed by atoms with Gasteiger partial charge < -0.3 is 10.2 Å². The largest absolute Gasteiger partial charge is 0.478 e. The maximum atomic E-state index is 10.9. The number of rotatable bonds is 5. The Morgan fingerprint density at radius 3 is 2.56 bits per heavy atom. The number of β-amino-alcohol motifs (C(OH)–C–C–N with tert-alkyl or cyclic N) is 1. The van der Waals surface area contributed by atoms with Crippen LogP contribution >= 0.6 is 0 Å². The lowest BCUT2D eigenvalue weighted by Gasteiger charge is -2.36. The van der Waals surface area contributed by atoms with Gasteiger partial charge in [-0.15, -0.1) is 0 Å². The molecular formula is C21H25NO3. The molecule has 0 bridgehead atoms. The van der Waals surface area contributed by atoms with Crippen LogP contribution < -0.4 is 0 Å². The first-order chi connectivity index (χ1) is 12.0. The zero-order valence-corrected chi connectivity index (χ0v) is 14.6. The number of hydrogen-bond donors (Lipinski definition) is 2. The average molecular weight is 339 g/mol. The number of aryl methyl sites for hydroxylation is 1. The van der Waals surface area contributed by atoms with Gasteiger partial charge in [-0.05, 0) is 55.5 Å². The van der Waals surface area contributed by atoms with Crippen LogP contribution in [0.1, 0.15) is 33.5 Å². The van der Waals surface area contributed by atoms with E-state index < -0.39 is 5.97 Å². The fourth-order valence-electron chi connectivity index (χ4n) is 3.58. The van der Waals surface area contributed by atoms with Crippen LogP contribution in [-0.4, -0.2) is 40.3 Å². The molecule has 132 valence electrons. The highest BCUT2D eigenvalue weighted by atomic mass is 16.4. The predicted molar refractivity (Wildman–Crippen MR) is 97.7 cm³/mol. The molecule has 1 aliphatic heterocycles. The Labute approximate surface area is 148 Å². The van der Waals surface area contributed by atoms with E-state index in [1.165, 1.54) is 11.1 Å². The SMILES string of the molecule is Cc1cccc(C[C@H]2CCN(Cc3ccc(C(=O)O)cc3)C[C@@H]2O)c1. The van der Waals surface area contributed by atoms with E-state index in [2.05, 4.69) is 36.1 Å². The Bertz CT molecular complexity index is 726. The number of hydrogen-bond acceptors (Lipinski definition) is 3. The number of aliphatic hydroxyl groups is 1. The molecule has 1 heterocycles. The van der Waals surface area contributed by atoms with Crippen LogP contribution in [0.25, 0.3) is 0 Å². The fraction of sp³-hybridized carbons (Fsp3) is 0.381. The molecule has 25 heavy (non-hydrogen) atoms. The van der Waals surface area contributed by atoms with Crippen molar-refractivity contribution >= 4 is 5.97 Å². The van der Waals surface area contributed by atoms with Gasteiger partial charge >= 0.3 is 5.97 Å². The number of aliphatic hydroxyl groups excluding tert-OH is 1. The molecule has 0 amide bonds. The van der Waals surface area contributed by atoms with Crippen LogP contribution in [0.4, 0.5) is 0 Å². The van der Waals surface area contributed by atoms with Crippen LogP contribution in [-0.2, 0) is 13.0 Å². The Morgan fingerprint density at radius 1 is 1.16 bits per heavy atom. The van der Waals surface area contributed by atoms with E-state index in [9.17, 15) is 9.90 Å². The first kappa shape index (κ1) is 17.6. The summed E-state index contributed by atoms with van der Waals surface area (Å²) in [5.74, 6) is -0.605. The highest BCUT2D eigenvalue weighted by Gasteiger charge is 2.27. The average Bonchev–Trinajstić information content (AvgIpc) is 2.58. The first-order valence-corrected chi connectivity index (χ1v) is 8.79. The molecule has 0 spiro atoms. The minimum atomic E-state index is -0.904. The molecule has 3 rings (SSSR count). The number of nitrogens with zero attached hydrogens (tertiary/aromatic N) is 1. The molecule has 1 saturated heterocycles. The van der Waals surface area contributed by atoms with Crippen molar-refractivity contribution in [3.8, 4) is 0 Å². The second kappa shape index (κ2) is 7.81. The van der Waals surface area contributed by atoms with Crippen molar-refractivity contribution in [1.82, 2.24) is 4.90 Å². The van der Waals surface area contributed by atoms with Gasteiger partial charge in [-0.2, -0.15) is 0 Å². The summed E-state index contributed by atoms with van der Waals surface area (Å²) >= 11 is 0. The van der Waals surface area contributed by atoms with Crippen LogP contribution in [0, 0.1) is 12.8 Å². The van der Waals surface area contributed by atoms with Crippen LogP contribution in [0.15, 0.2) is 48.5 Å². The summed E-state index contributed by atoms with van der Waals surface area (Å²) in [6.45, 7) is 4.46. The van der Waals surface area contributed by atoms with Gasteiger partial charge in [-0.3, -0.25) is 4.90 Å². The van der Waals surface area contributed by atoms with E-state index in [-0.39, 0.29) is 6.10 Å². The molecule has 1 fully saturated rings. The molecule has 0 aromatic heterocycles.